The van der Waals surface area contributed by atoms with Gasteiger partial charge in [-0.25, -0.2) is 13.1 Å². The summed E-state index contributed by atoms with van der Waals surface area (Å²) in [5, 5.41) is 2.99. The zero-order valence-corrected chi connectivity index (χ0v) is 24.6. The maximum absolute atomic E-state index is 13.2. The Morgan fingerprint density at radius 2 is 1.49 bits per heavy atom. The molecule has 0 bridgehead atoms. The van der Waals surface area contributed by atoms with Crippen LogP contribution in [0.1, 0.15) is 47.8 Å². The van der Waals surface area contributed by atoms with Gasteiger partial charge in [0, 0.05) is 11.1 Å². The zero-order chi connectivity index (χ0) is 29.8. The lowest BCUT2D eigenvalue weighted by molar-refractivity contribution is -0.115. The van der Waals surface area contributed by atoms with E-state index in [4.69, 9.17) is 4.74 Å². The van der Waals surface area contributed by atoms with Crippen molar-refractivity contribution in [3.8, 4) is 22.6 Å². The molecule has 4 aromatic rings. The average molecular weight is 571 g/mol. The fourth-order valence-corrected chi connectivity index (χ4v) is 4.87. The van der Waals surface area contributed by atoms with Crippen LogP contribution in [-0.2, 0) is 26.7 Å². The summed E-state index contributed by atoms with van der Waals surface area (Å²) in [7, 11) is -3.76. The Morgan fingerprint density at radius 1 is 0.829 bits per heavy atom. The van der Waals surface area contributed by atoms with Crippen molar-refractivity contribution in [1.82, 2.24) is 4.72 Å². The lowest BCUT2D eigenvalue weighted by Gasteiger charge is -2.23. The summed E-state index contributed by atoms with van der Waals surface area (Å²) in [6.45, 7) is 8.28. The van der Waals surface area contributed by atoms with Crippen molar-refractivity contribution < 1.29 is 22.7 Å². The van der Waals surface area contributed by atoms with Crippen LogP contribution >= 0.6 is 0 Å². The van der Waals surface area contributed by atoms with Crippen LogP contribution in [0.25, 0.3) is 11.1 Å². The largest absolute Gasteiger partial charge is 0.455 e. The lowest BCUT2D eigenvalue weighted by atomic mass is 9.86. The lowest BCUT2D eigenvalue weighted by Crippen LogP contribution is -2.29. The molecule has 0 unspecified atom stereocenters. The first kappa shape index (κ1) is 29.6. The molecule has 0 aliphatic rings. The molecule has 0 saturated carbocycles. The molecule has 0 aliphatic carbocycles. The molecule has 0 fully saturated rings. The third-order valence-corrected chi connectivity index (χ3v) is 6.97. The Bertz CT molecular complexity index is 1690. The summed E-state index contributed by atoms with van der Waals surface area (Å²) in [6, 6.07) is 27.4. The van der Waals surface area contributed by atoms with E-state index in [2.05, 4.69) is 26.1 Å². The number of hydrogen-bond donors (Lipinski definition) is 2. The number of rotatable bonds is 8. The van der Waals surface area contributed by atoms with E-state index in [1.165, 1.54) is 0 Å². The van der Waals surface area contributed by atoms with Gasteiger partial charge in [0.15, 0.2) is 5.75 Å². The van der Waals surface area contributed by atoms with Gasteiger partial charge in [0.25, 0.3) is 5.91 Å². The van der Waals surface area contributed by atoms with Gasteiger partial charge in [0.2, 0.25) is 15.9 Å². The van der Waals surface area contributed by atoms with Gasteiger partial charge in [-0.05, 0) is 53.3 Å². The van der Waals surface area contributed by atoms with Crippen molar-refractivity contribution >= 4 is 27.5 Å². The molecular formula is C33H34N2O5S. The normalized spacial score (nSPS) is 11.5. The van der Waals surface area contributed by atoms with Gasteiger partial charge in [-0.1, -0.05) is 93.1 Å². The second-order valence-corrected chi connectivity index (χ2v) is 12.8. The molecule has 0 saturated heterocycles. The van der Waals surface area contributed by atoms with Gasteiger partial charge in [0.05, 0.1) is 18.4 Å². The van der Waals surface area contributed by atoms with Gasteiger partial charge in [-0.3, -0.25) is 9.59 Å². The molecule has 0 heterocycles. The third-order valence-electron chi connectivity index (χ3n) is 6.41. The van der Waals surface area contributed by atoms with Crippen molar-refractivity contribution in [2.75, 3.05) is 11.6 Å². The van der Waals surface area contributed by atoms with Crippen LogP contribution in [0.2, 0.25) is 0 Å². The van der Waals surface area contributed by atoms with Crippen molar-refractivity contribution in [2.24, 2.45) is 0 Å². The van der Waals surface area contributed by atoms with Crippen molar-refractivity contribution in [1.29, 1.82) is 0 Å². The van der Waals surface area contributed by atoms with Gasteiger partial charge in [-0.2, -0.15) is 0 Å². The summed E-state index contributed by atoms with van der Waals surface area (Å²) in [5.41, 5.74) is 4.50. The molecular weight excluding hydrogens is 536 g/mol. The highest BCUT2D eigenvalue weighted by Gasteiger charge is 2.21. The molecule has 0 spiro atoms. The van der Waals surface area contributed by atoms with E-state index in [0.717, 1.165) is 22.9 Å². The van der Waals surface area contributed by atoms with E-state index in [1.54, 1.807) is 42.5 Å². The van der Waals surface area contributed by atoms with Crippen LogP contribution in [-0.4, -0.2) is 26.5 Å². The van der Waals surface area contributed by atoms with Crippen molar-refractivity contribution in [2.45, 2.75) is 39.5 Å². The molecule has 8 heteroatoms. The molecule has 2 N–H and O–H groups in total. The van der Waals surface area contributed by atoms with Crippen LogP contribution < -0.4 is 14.8 Å². The van der Waals surface area contributed by atoms with E-state index < -0.39 is 15.9 Å². The number of sulfonamides is 1. The summed E-state index contributed by atoms with van der Waals surface area (Å²) in [6.07, 6.45) is 1.09. The van der Waals surface area contributed by atoms with Crippen LogP contribution in [0.5, 0.6) is 11.5 Å². The van der Waals surface area contributed by atoms with E-state index in [9.17, 15) is 18.0 Å². The van der Waals surface area contributed by atoms with E-state index in [0.29, 0.717) is 28.3 Å². The van der Waals surface area contributed by atoms with Crippen molar-refractivity contribution in [3.63, 3.8) is 0 Å². The highest BCUT2D eigenvalue weighted by atomic mass is 32.2. The van der Waals surface area contributed by atoms with Crippen LogP contribution in [0.4, 0.5) is 5.69 Å². The minimum absolute atomic E-state index is 0.163. The first-order valence-electron chi connectivity index (χ1n) is 13.2. The van der Waals surface area contributed by atoms with Crippen LogP contribution in [0, 0.1) is 6.92 Å². The third kappa shape index (κ3) is 7.83. The molecule has 0 aromatic heterocycles. The number of ether oxygens (including phenoxy) is 1. The number of amides is 2. The van der Waals surface area contributed by atoms with Gasteiger partial charge < -0.3 is 10.1 Å². The first-order valence-corrected chi connectivity index (χ1v) is 15.1. The smallest absolute Gasteiger partial charge is 0.265 e. The number of hydrogen-bond acceptors (Lipinski definition) is 5. The number of nitrogens with one attached hydrogen (secondary N) is 2. The Hall–Kier alpha value is -4.43. The standard InChI is InChI=1S/C33H34N2O5S/c1-22-14-16-23(17-15-22)20-31(36)34-28-21-24(25-10-6-7-11-26(25)32(37)35-41(5,38)39)18-19-30(28)40-29-13-9-8-12-27(29)33(2,3)4/h6-19,21H,20H2,1-5H3,(H,34,36)(H,35,37). The first-order chi connectivity index (χ1) is 19.3. The fraction of sp³-hybridized carbons (Fsp3) is 0.212. The second kappa shape index (κ2) is 12.0. The summed E-state index contributed by atoms with van der Waals surface area (Å²) >= 11 is 0. The number of carbonyl (C=O) groups is 2. The Labute approximate surface area is 241 Å². The molecule has 4 rings (SSSR count). The van der Waals surface area contributed by atoms with E-state index in [-0.39, 0.29) is 23.3 Å². The number of benzene rings is 4. The zero-order valence-electron chi connectivity index (χ0n) is 23.8. The molecule has 0 aliphatic heterocycles. The van der Waals surface area contributed by atoms with Crippen molar-refractivity contribution in [3.05, 3.63) is 113 Å². The van der Waals surface area contributed by atoms with Crippen LogP contribution in [0.15, 0.2) is 91.0 Å². The van der Waals surface area contributed by atoms with Gasteiger partial charge in [-0.15, -0.1) is 0 Å². The number of aryl methyl sites for hydroxylation is 1. The monoisotopic (exact) mass is 570 g/mol. The fourth-order valence-electron chi connectivity index (χ4n) is 4.42. The molecule has 7 nitrogen and oxygen atoms in total. The minimum atomic E-state index is -3.76. The minimum Gasteiger partial charge on any atom is -0.455 e. The topological polar surface area (TPSA) is 102 Å². The molecule has 212 valence electrons. The van der Waals surface area contributed by atoms with Gasteiger partial charge >= 0.3 is 0 Å². The Kier molecular flexibility index (Phi) is 8.63. The summed E-state index contributed by atoms with van der Waals surface area (Å²) in [4.78, 5) is 26.0. The molecule has 4 aromatic carbocycles. The number of para-hydroxylation sites is 1. The number of anilines is 1. The quantitative estimate of drug-likeness (QED) is 0.248. The summed E-state index contributed by atoms with van der Waals surface area (Å²) in [5.74, 6) is 0.117. The summed E-state index contributed by atoms with van der Waals surface area (Å²) < 4.78 is 31.9. The molecule has 0 radical (unpaired) electrons. The Balaban J connectivity index is 1.75. The molecule has 2 amide bonds. The Morgan fingerprint density at radius 3 is 2.17 bits per heavy atom. The maximum Gasteiger partial charge on any atom is 0.265 e. The molecule has 41 heavy (non-hydrogen) atoms. The van der Waals surface area contributed by atoms with Crippen LogP contribution in [0.3, 0.4) is 0 Å². The highest BCUT2D eigenvalue weighted by molar-refractivity contribution is 7.89. The second-order valence-electron chi connectivity index (χ2n) is 11.0. The highest BCUT2D eigenvalue weighted by Crippen LogP contribution is 2.39. The van der Waals surface area contributed by atoms with E-state index in [1.807, 2.05) is 60.2 Å². The average Bonchev–Trinajstić information content (AvgIpc) is 2.90. The predicted molar refractivity (Wildman–Crippen MR) is 163 cm³/mol. The number of carbonyl (C=O) groups excluding carboxylic acids is 2. The van der Waals surface area contributed by atoms with Gasteiger partial charge in [0.1, 0.15) is 5.75 Å². The van der Waals surface area contributed by atoms with E-state index >= 15 is 0 Å². The maximum atomic E-state index is 13.2. The predicted octanol–water partition coefficient (Wildman–Crippen LogP) is 6.62. The SMILES string of the molecule is Cc1ccc(CC(=O)Nc2cc(-c3ccccc3C(=O)NS(C)(=O)=O)ccc2Oc2ccccc2C(C)(C)C)cc1. The molecule has 0 atom stereocenters.